The van der Waals surface area contributed by atoms with Crippen LogP contribution in [0.15, 0.2) is 4.52 Å². The Morgan fingerprint density at radius 2 is 2.47 bits per heavy atom. The Morgan fingerprint density at radius 3 is 3.20 bits per heavy atom. The van der Waals surface area contributed by atoms with Gasteiger partial charge in [0.2, 0.25) is 5.89 Å². The van der Waals surface area contributed by atoms with Gasteiger partial charge >= 0.3 is 0 Å². The summed E-state index contributed by atoms with van der Waals surface area (Å²) in [5, 5.41) is 6.96. The molecule has 1 aromatic rings. The van der Waals surface area contributed by atoms with Gasteiger partial charge < -0.3 is 9.84 Å². The molecule has 84 valence electrons. The second kappa shape index (κ2) is 4.72. The number of rotatable bonds is 4. The molecule has 2 heterocycles. The van der Waals surface area contributed by atoms with Crippen LogP contribution in [0.2, 0.25) is 0 Å². The lowest BCUT2D eigenvalue weighted by atomic mass is 10.2. The quantitative estimate of drug-likeness (QED) is 0.801. The molecule has 0 bridgehead atoms. The predicted molar refractivity (Wildman–Crippen MR) is 56.3 cm³/mol. The lowest BCUT2D eigenvalue weighted by Gasteiger charge is -2.18. The van der Waals surface area contributed by atoms with Crippen molar-refractivity contribution in [2.45, 2.75) is 32.4 Å². The first-order valence-electron chi connectivity index (χ1n) is 5.56. The highest BCUT2D eigenvalue weighted by Crippen LogP contribution is 2.30. The van der Waals surface area contributed by atoms with Crippen LogP contribution < -0.4 is 5.32 Å². The van der Waals surface area contributed by atoms with E-state index in [9.17, 15) is 0 Å². The van der Waals surface area contributed by atoms with Gasteiger partial charge in [0.05, 0.1) is 12.6 Å². The number of aromatic nitrogens is 2. The molecule has 1 aromatic heterocycles. The van der Waals surface area contributed by atoms with E-state index in [4.69, 9.17) is 4.52 Å². The van der Waals surface area contributed by atoms with E-state index in [0.717, 1.165) is 31.2 Å². The van der Waals surface area contributed by atoms with E-state index in [-0.39, 0.29) is 0 Å². The molecule has 1 saturated heterocycles. The fourth-order valence-corrected chi connectivity index (χ4v) is 2.12. The Kier molecular flexibility index (Phi) is 3.33. The van der Waals surface area contributed by atoms with Crippen molar-refractivity contribution >= 4 is 0 Å². The molecule has 1 N–H and O–H groups in total. The van der Waals surface area contributed by atoms with Crippen LogP contribution in [0.1, 0.15) is 37.5 Å². The highest BCUT2D eigenvalue weighted by Gasteiger charge is 2.29. The van der Waals surface area contributed by atoms with E-state index in [1.54, 1.807) is 0 Å². The molecule has 0 radical (unpaired) electrons. The van der Waals surface area contributed by atoms with Crippen molar-refractivity contribution in [3.63, 3.8) is 0 Å². The fraction of sp³-hybridized carbons (Fsp3) is 0.800. The van der Waals surface area contributed by atoms with E-state index >= 15 is 0 Å². The summed E-state index contributed by atoms with van der Waals surface area (Å²) in [6.07, 6.45) is 2.36. The van der Waals surface area contributed by atoms with E-state index in [0.29, 0.717) is 12.6 Å². The third kappa shape index (κ3) is 2.18. The summed E-state index contributed by atoms with van der Waals surface area (Å²) in [7, 11) is 1.88. The number of likely N-dealkylation sites (tertiary alicyclic amines) is 1. The van der Waals surface area contributed by atoms with Crippen molar-refractivity contribution in [2.75, 3.05) is 20.1 Å². The highest BCUT2D eigenvalue weighted by molar-refractivity contribution is 4.96. The fourth-order valence-electron chi connectivity index (χ4n) is 2.12. The molecular weight excluding hydrogens is 192 g/mol. The van der Waals surface area contributed by atoms with E-state index < -0.39 is 0 Å². The van der Waals surface area contributed by atoms with Gasteiger partial charge in [0.15, 0.2) is 5.82 Å². The minimum Gasteiger partial charge on any atom is -0.338 e. The van der Waals surface area contributed by atoms with Gasteiger partial charge in [-0.1, -0.05) is 12.1 Å². The van der Waals surface area contributed by atoms with Gasteiger partial charge in [0.1, 0.15) is 0 Å². The maximum atomic E-state index is 5.29. The molecule has 5 heteroatoms. The van der Waals surface area contributed by atoms with Crippen molar-refractivity contribution in [1.82, 2.24) is 20.4 Å². The molecule has 0 spiro atoms. The van der Waals surface area contributed by atoms with Crippen LogP contribution in [0.5, 0.6) is 0 Å². The predicted octanol–water partition coefficient (Wildman–Crippen LogP) is 0.946. The van der Waals surface area contributed by atoms with Crippen molar-refractivity contribution in [3.05, 3.63) is 11.7 Å². The topological polar surface area (TPSA) is 54.2 Å². The number of nitrogens with one attached hydrogen (secondary N) is 1. The molecule has 1 aliphatic heterocycles. The average Bonchev–Trinajstić information content (AvgIpc) is 2.84. The summed E-state index contributed by atoms with van der Waals surface area (Å²) in [5.74, 6) is 1.52. The Labute approximate surface area is 89.8 Å². The number of nitrogens with zero attached hydrogens (tertiary/aromatic N) is 3. The minimum atomic E-state index is 0.341. The minimum absolute atomic E-state index is 0.341. The molecule has 0 aromatic carbocycles. The monoisotopic (exact) mass is 210 g/mol. The van der Waals surface area contributed by atoms with Crippen LogP contribution in [0.3, 0.4) is 0 Å². The highest BCUT2D eigenvalue weighted by atomic mass is 16.5. The zero-order valence-electron chi connectivity index (χ0n) is 9.36. The maximum Gasteiger partial charge on any atom is 0.244 e. The summed E-state index contributed by atoms with van der Waals surface area (Å²) >= 11 is 0. The first-order chi connectivity index (χ1) is 7.35. The molecule has 1 aliphatic rings. The molecule has 1 atom stereocenters. The molecule has 5 nitrogen and oxygen atoms in total. The van der Waals surface area contributed by atoms with Crippen LogP contribution in [0.25, 0.3) is 0 Å². The lowest BCUT2D eigenvalue weighted by Crippen LogP contribution is -2.22. The summed E-state index contributed by atoms with van der Waals surface area (Å²) in [5.41, 5.74) is 0. The van der Waals surface area contributed by atoms with Crippen molar-refractivity contribution in [2.24, 2.45) is 0 Å². The van der Waals surface area contributed by atoms with Crippen LogP contribution >= 0.6 is 0 Å². The lowest BCUT2D eigenvalue weighted by molar-refractivity contribution is 0.217. The molecule has 15 heavy (non-hydrogen) atoms. The van der Waals surface area contributed by atoms with Gasteiger partial charge in [-0.25, -0.2) is 0 Å². The Bertz CT molecular complexity index is 312. The molecular formula is C10H18N4O. The molecule has 1 unspecified atom stereocenters. The molecule has 1 fully saturated rings. The smallest absolute Gasteiger partial charge is 0.244 e. The van der Waals surface area contributed by atoms with Crippen molar-refractivity contribution < 1.29 is 4.52 Å². The first-order valence-corrected chi connectivity index (χ1v) is 5.56. The van der Waals surface area contributed by atoms with Gasteiger partial charge in [0, 0.05) is 0 Å². The van der Waals surface area contributed by atoms with Gasteiger partial charge in [0.25, 0.3) is 0 Å². The van der Waals surface area contributed by atoms with Gasteiger partial charge in [-0.3, -0.25) is 4.90 Å². The summed E-state index contributed by atoms with van der Waals surface area (Å²) in [6, 6.07) is 0.341. The van der Waals surface area contributed by atoms with Gasteiger partial charge in [-0.05, 0) is 33.0 Å². The Balaban J connectivity index is 2.07. The van der Waals surface area contributed by atoms with Gasteiger partial charge in [-0.2, -0.15) is 4.98 Å². The summed E-state index contributed by atoms with van der Waals surface area (Å²) in [6.45, 7) is 5.03. The molecule has 0 aliphatic carbocycles. The Hall–Kier alpha value is -0.940. The van der Waals surface area contributed by atoms with E-state index in [1.165, 1.54) is 6.42 Å². The van der Waals surface area contributed by atoms with Crippen molar-refractivity contribution in [1.29, 1.82) is 0 Å². The molecule has 0 amide bonds. The first kappa shape index (κ1) is 10.6. The van der Waals surface area contributed by atoms with Crippen molar-refractivity contribution in [3.8, 4) is 0 Å². The zero-order chi connectivity index (χ0) is 10.7. The second-order valence-corrected chi connectivity index (χ2v) is 3.87. The summed E-state index contributed by atoms with van der Waals surface area (Å²) in [4.78, 5) is 6.78. The van der Waals surface area contributed by atoms with E-state index in [2.05, 4.69) is 27.3 Å². The zero-order valence-corrected chi connectivity index (χ0v) is 9.36. The molecule has 2 rings (SSSR count). The Morgan fingerprint density at radius 1 is 1.60 bits per heavy atom. The summed E-state index contributed by atoms with van der Waals surface area (Å²) < 4.78 is 5.29. The number of hydrogen-bond acceptors (Lipinski definition) is 5. The van der Waals surface area contributed by atoms with Crippen LogP contribution in [0.4, 0.5) is 0 Å². The standard InChI is InChI=1S/C10H18N4O/c1-3-14-6-4-5-8(14)10-12-9(7-11-2)13-15-10/h8,11H,3-7H2,1-2H3. The maximum absolute atomic E-state index is 5.29. The number of hydrogen-bond donors (Lipinski definition) is 1. The van der Waals surface area contributed by atoms with Gasteiger partial charge in [-0.15, -0.1) is 0 Å². The third-order valence-corrected chi connectivity index (χ3v) is 2.87. The average molecular weight is 210 g/mol. The second-order valence-electron chi connectivity index (χ2n) is 3.87. The van der Waals surface area contributed by atoms with Crippen LogP contribution in [0, 0.1) is 0 Å². The van der Waals surface area contributed by atoms with Crippen LogP contribution in [-0.2, 0) is 6.54 Å². The largest absolute Gasteiger partial charge is 0.338 e. The normalized spacial score (nSPS) is 22.4. The third-order valence-electron chi connectivity index (χ3n) is 2.87. The van der Waals surface area contributed by atoms with E-state index in [1.807, 2.05) is 7.05 Å². The van der Waals surface area contributed by atoms with Crippen LogP contribution in [-0.4, -0.2) is 35.2 Å². The molecule has 0 saturated carbocycles. The SMILES string of the molecule is CCN1CCCC1c1nc(CNC)no1.